The van der Waals surface area contributed by atoms with Crippen molar-refractivity contribution in [3.05, 3.63) is 53.9 Å². The van der Waals surface area contributed by atoms with Gasteiger partial charge in [0.1, 0.15) is 5.75 Å². The van der Waals surface area contributed by atoms with Gasteiger partial charge in [0.15, 0.2) is 11.6 Å². The molecule has 2 heterocycles. The summed E-state index contributed by atoms with van der Waals surface area (Å²) in [7, 11) is 1.65. The van der Waals surface area contributed by atoms with Crippen molar-refractivity contribution in [3.63, 3.8) is 0 Å². The molecule has 130 valence electrons. The molecule has 0 spiro atoms. The fraction of sp³-hybridized carbons (Fsp3) is 0.333. The largest absolute Gasteiger partial charge is 0.497 e. The van der Waals surface area contributed by atoms with E-state index in [9.17, 15) is 0 Å². The van der Waals surface area contributed by atoms with Gasteiger partial charge in [0.2, 0.25) is 5.89 Å². The van der Waals surface area contributed by atoms with Crippen molar-refractivity contribution in [2.45, 2.75) is 26.9 Å². The lowest BCUT2D eigenvalue weighted by Crippen LogP contribution is -2.23. The first kappa shape index (κ1) is 17.0. The summed E-state index contributed by atoms with van der Waals surface area (Å²) in [4.78, 5) is 15.4. The molecule has 0 radical (unpaired) electrons. The van der Waals surface area contributed by atoms with Crippen molar-refractivity contribution < 1.29 is 9.26 Å². The van der Waals surface area contributed by atoms with Crippen LogP contribution in [-0.4, -0.2) is 38.7 Å². The molecule has 2 aromatic heterocycles. The fourth-order valence-electron chi connectivity index (χ4n) is 2.47. The summed E-state index contributed by atoms with van der Waals surface area (Å²) in [6.07, 6.45) is 3.72. The third-order valence-electron chi connectivity index (χ3n) is 3.84. The van der Waals surface area contributed by atoms with Crippen molar-refractivity contribution in [2.75, 3.05) is 13.7 Å². The highest BCUT2D eigenvalue weighted by molar-refractivity contribution is 5.55. The lowest BCUT2D eigenvalue weighted by atomic mass is 10.2. The van der Waals surface area contributed by atoms with Gasteiger partial charge in [-0.05, 0) is 30.8 Å². The average molecular weight is 339 g/mol. The highest BCUT2D eigenvalue weighted by Gasteiger charge is 2.10. The third-order valence-corrected chi connectivity index (χ3v) is 3.84. The van der Waals surface area contributed by atoms with E-state index in [0.717, 1.165) is 30.0 Å². The van der Waals surface area contributed by atoms with E-state index in [1.165, 1.54) is 0 Å². The van der Waals surface area contributed by atoms with Crippen molar-refractivity contribution in [2.24, 2.45) is 0 Å². The summed E-state index contributed by atoms with van der Waals surface area (Å²) in [5, 5.41) is 3.94. The van der Waals surface area contributed by atoms with Gasteiger partial charge in [-0.3, -0.25) is 4.90 Å². The smallest absolute Gasteiger partial charge is 0.223 e. The molecule has 1 aromatic carbocycles. The molecule has 0 fully saturated rings. The number of ether oxygens (including phenoxy) is 1. The molecule has 0 atom stereocenters. The summed E-state index contributed by atoms with van der Waals surface area (Å²) < 4.78 is 10.2. The van der Waals surface area contributed by atoms with E-state index in [2.05, 4.69) is 31.9 Å². The average Bonchev–Trinajstić information content (AvgIpc) is 3.06. The predicted molar refractivity (Wildman–Crippen MR) is 92.8 cm³/mol. The highest BCUT2D eigenvalue weighted by atomic mass is 16.5. The van der Waals surface area contributed by atoms with Crippen molar-refractivity contribution in [1.29, 1.82) is 0 Å². The minimum Gasteiger partial charge on any atom is -0.497 e. The lowest BCUT2D eigenvalue weighted by molar-refractivity contribution is 0.258. The summed E-state index contributed by atoms with van der Waals surface area (Å²) in [5.41, 5.74) is 2.00. The van der Waals surface area contributed by atoms with E-state index < -0.39 is 0 Å². The van der Waals surface area contributed by atoms with Crippen LogP contribution in [-0.2, 0) is 13.1 Å². The highest BCUT2D eigenvalue weighted by Crippen LogP contribution is 2.19. The molecule has 0 aliphatic rings. The Morgan fingerprint density at radius 3 is 2.36 bits per heavy atom. The second-order valence-corrected chi connectivity index (χ2v) is 5.68. The predicted octanol–water partition coefficient (Wildman–Crippen LogP) is 2.87. The molecule has 0 N–H and O–H groups in total. The molecule has 0 aliphatic carbocycles. The zero-order chi connectivity index (χ0) is 17.6. The Morgan fingerprint density at radius 2 is 1.80 bits per heavy atom. The van der Waals surface area contributed by atoms with Gasteiger partial charge < -0.3 is 9.26 Å². The maximum atomic E-state index is 5.17. The Hall–Kier alpha value is -2.80. The first-order valence-electron chi connectivity index (χ1n) is 8.15. The number of hydrogen-bond acceptors (Lipinski definition) is 7. The lowest BCUT2D eigenvalue weighted by Gasteiger charge is -2.18. The van der Waals surface area contributed by atoms with Crippen molar-refractivity contribution in [3.8, 4) is 17.1 Å². The Bertz CT molecular complexity index is 799. The van der Waals surface area contributed by atoms with Gasteiger partial charge in [0.05, 0.1) is 13.7 Å². The SMILES string of the molecule is CCN(Cc1cnc(-c2ccc(OC)cc2)nc1)Cc1noc(C)n1. The number of aryl methyl sites for hydroxylation is 1. The molecule has 0 saturated carbocycles. The molecule has 0 aliphatic heterocycles. The van der Waals surface area contributed by atoms with Crippen LogP contribution in [0.3, 0.4) is 0 Å². The molecule has 0 unspecified atom stereocenters. The van der Waals surface area contributed by atoms with E-state index in [1.54, 1.807) is 14.0 Å². The zero-order valence-electron chi connectivity index (χ0n) is 14.6. The van der Waals surface area contributed by atoms with Gasteiger partial charge in [0.25, 0.3) is 0 Å². The Labute approximate surface area is 146 Å². The van der Waals surface area contributed by atoms with Gasteiger partial charge in [-0.25, -0.2) is 9.97 Å². The van der Waals surface area contributed by atoms with Crippen LogP contribution in [0.5, 0.6) is 5.75 Å². The molecule has 0 amide bonds. The first-order valence-corrected chi connectivity index (χ1v) is 8.15. The van der Waals surface area contributed by atoms with Crippen LogP contribution in [0.25, 0.3) is 11.4 Å². The quantitative estimate of drug-likeness (QED) is 0.655. The number of benzene rings is 1. The van der Waals surface area contributed by atoms with E-state index in [4.69, 9.17) is 9.26 Å². The van der Waals surface area contributed by atoms with Crippen LogP contribution in [0.2, 0.25) is 0 Å². The molecular formula is C18H21N5O2. The molecular weight excluding hydrogens is 318 g/mol. The molecule has 25 heavy (non-hydrogen) atoms. The summed E-state index contributed by atoms with van der Waals surface area (Å²) in [6, 6.07) is 7.70. The van der Waals surface area contributed by atoms with Gasteiger partial charge in [-0.15, -0.1) is 0 Å². The topological polar surface area (TPSA) is 77.2 Å². The summed E-state index contributed by atoms with van der Waals surface area (Å²) >= 11 is 0. The fourth-order valence-corrected chi connectivity index (χ4v) is 2.47. The summed E-state index contributed by atoms with van der Waals surface area (Å²) in [5.74, 6) is 2.78. The van der Waals surface area contributed by atoms with Crippen LogP contribution in [0, 0.1) is 6.92 Å². The van der Waals surface area contributed by atoms with Crippen LogP contribution >= 0.6 is 0 Å². The van der Waals surface area contributed by atoms with Crippen molar-refractivity contribution >= 4 is 0 Å². The number of rotatable bonds is 7. The Kier molecular flexibility index (Phi) is 5.35. The zero-order valence-corrected chi connectivity index (χ0v) is 14.6. The van der Waals surface area contributed by atoms with Crippen molar-refractivity contribution in [1.82, 2.24) is 25.0 Å². The Morgan fingerprint density at radius 1 is 1.08 bits per heavy atom. The number of nitrogens with zero attached hydrogens (tertiary/aromatic N) is 5. The second-order valence-electron chi connectivity index (χ2n) is 5.68. The minimum atomic E-state index is 0.582. The number of aromatic nitrogens is 4. The molecule has 0 bridgehead atoms. The number of methoxy groups -OCH3 is 1. The van der Waals surface area contributed by atoms with E-state index in [0.29, 0.717) is 24.1 Å². The standard InChI is InChI=1S/C18H21N5O2/c1-4-23(12-17-21-13(2)25-22-17)11-14-9-19-18(20-10-14)15-5-7-16(24-3)8-6-15/h5-10H,4,11-12H2,1-3H3. The third kappa shape index (κ3) is 4.39. The second kappa shape index (κ2) is 7.85. The number of hydrogen-bond donors (Lipinski definition) is 0. The van der Waals surface area contributed by atoms with Gasteiger partial charge in [-0.1, -0.05) is 12.1 Å². The molecule has 3 aromatic rings. The van der Waals surface area contributed by atoms with Gasteiger partial charge >= 0.3 is 0 Å². The Balaban J connectivity index is 1.66. The van der Waals surface area contributed by atoms with E-state index in [-0.39, 0.29) is 0 Å². The van der Waals surface area contributed by atoms with E-state index >= 15 is 0 Å². The minimum absolute atomic E-state index is 0.582. The first-order chi connectivity index (χ1) is 12.2. The molecule has 7 heteroatoms. The molecule has 7 nitrogen and oxygen atoms in total. The maximum Gasteiger partial charge on any atom is 0.223 e. The molecule has 3 rings (SSSR count). The van der Waals surface area contributed by atoms with Crippen LogP contribution in [0.1, 0.15) is 24.2 Å². The molecule has 0 saturated heterocycles. The van der Waals surface area contributed by atoms with E-state index in [1.807, 2.05) is 36.7 Å². The van der Waals surface area contributed by atoms with Crippen LogP contribution in [0.4, 0.5) is 0 Å². The van der Waals surface area contributed by atoms with Gasteiger partial charge in [0, 0.05) is 37.0 Å². The normalized spacial score (nSPS) is 11.0. The monoisotopic (exact) mass is 339 g/mol. The maximum absolute atomic E-state index is 5.17. The van der Waals surface area contributed by atoms with Gasteiger partial charge in [-0.2, -0.15) is 4.98 Å². The van der Waals surface area contributed by atoms with Crippen LogP contribution < -0.4 is 4.74 Å². The van der Waals surface area contributed by atoms with Crippen LogP contribution in [0.15, 0.2) is 41.2 Å². The summed E-state index contributed by atoms with van der Waals surface area (Å²) in [6.45, 7) is 6.12.